The molecule has 8 nitrogen and oxygen atoms in total. The maximum Gasteiger partial charge on any atom is 0.248 e. The van der Waals surface area contributed by atoms with Gasteiger partial charge in [-0.15, -0.1) is 0 Å². The van der Waals surface area contributed by atoms with Crippen LogP contribution in [-0.2, 0) is 20.5 Å². The molecule has 0 saturated heterocycles. The molecule has 1 aromatic rings. The lowest BCUT2D eigenvalue weighted by Gasteiger charge is -2.31. The monoisotopic (exact) mass is 499 g/mol. The van der Waals surface area contributed by atoms with Gasteiger partial charge in [-0.1, -0.05) is 19.3 Å². The summed E-state index contributed by atoms with van der Waals surface area (Å²) in [6, 6.07) is 4.13. The highest BCUT2D eigenvalue weighted by Crippen LogP contribution is 2.25. The molecule has 9 heteroatoms. The highest BCUT2D eigenvalue weighted by molar-refractivity contribution is 7.82. The summed E-state index contributed by atoms with van der Waals surface area (Å²) in [4.78, 5) is 16.9. The first-order valence-corrected chi connectivity index (χ1v) is 13.1. The van der Waals surface area contributed by atoms with Crippen LogP contribution in [0.5, 0.6) is 5.75 Å². The summed E-state index contributed by atoms with van der Waals surface area (Å²) in [5.74, 6) is 0.792. The Morgan fingerprint density at radius 1 is 1.06 bits per heavy atom. The quantitative estimate of drug-likeness (QED) is 0.472. The van der Waals surface area contributed by atoms with Crippen LogP contribution in [0.3, 0.4) is 0 Å². The number of benzene rings is 1. The lowest BCUT2D eigenvalue weighted by molar-refractivity contribution is -0.137. The molecule has 0 radical (unpaired) electrons. The molecule has 1 amide bonds. The predicted molar refractivity (Wildman–Crippen MR) is 138 cm³/mol. The fraction of sp³-hybridized carbons (Fsp3) is 0.720. The Morgan fingerprint density at radius 3 is 2.12 bits per heavy atom. The number of hydrogen-bond acceptors (Lipinski definition) is 6. The van der Waals surface area contributed by atoms with E-state index in [1.807, 2.05) is 56.9 Å². The van der Waals surface area contributed by atoms with Crippen LogP contribution in [0.2, 0.25) is 0 Å². The summed E-state index contributed by atoms with van der Waals surface area (Å²) in [6.45, 7) is 5.82. The SMILES string of the molecule is CN(C)CCO.COc1cc(C)c(S(=O)N(C)CCOCC(=O)N(C)C2CCCCC2)c(C)c1. The lowest BCUT2D eigenvalue weighted by Crippen LogP contribution is -2.40. The fourth-order valence-electron chi connectivity index (χ4n) is 3.87. The topological polar surface area (TPSA) is 82.5 Å². The Kier molecular flexibility index (Phi) is 14.5. The van der Waals surface area contributed by atoms with Crippen LogP contribution in [0, 0.1) is 13.8 Å². The average Bonchev–Trinajstić information content (AvgIpc) is 2.81. The van der Waals surface area contributed by atoms with Gasteiger partial charge < -0.3 is 24.4 Å². The van der Waals surface area contributed by atoms with E-state index in [1.165, 1.54) is 19.3 Å². The summed E-state index contributed by atoms with van der Waals surface area (Å²) >= 11 is 0. The van der Waals surface area contributed by atoms with E-state index in [1.54, 1.807) is 18.5 Å². The number of carbonyl (C=O) groups is 1. The molecule has 1 unspecified atom stereocenters. The van der Waals surface area contributed by atoms with Crippen molar-refractivity contribution < 1.29 is 23.6 Å². The first-order valence-electron chi connectivity index (χ1n) is 12.0. The molecule has 0 heterocycles. The van der Waals surface area contributed by atoms with Gasteiger partial charge in [-0.2, -0.15) is 0 Å². The van der Waals surface area contributed by atoms with Crippen LogP contribution in [0.4, 0.5) is 0 Å². The van der Waals surface area contributed by atoms with Crippen LogP contribution in [-0.4, -0.2) is 104 Å². The maximum atomic E-state index is 12.9. The summed E-state index contributed by atoms with van der Waals surface area (Å²) in [6.07, 6.45) is 5.84. The molecule has 1 aromatic carbocycles. The molecule has 0 aromatic heterocycles. The first kappa shape index (κ1) is 30.5. The molecule has 196 valence electrons. The molecule has 1 fully saturated rings. The molecule has 0 spiro atoms. The molecule has 1 N–H and O–H groups in total. The summed E-state index contributed by atoms with van der Waals surface area (Å²) < 4.78 is 25.5. The molecule has 1 saturated carbocycles. The second kappa shape index (κ2) is 16.2. The average molecular weight is 500 g/mol. The molecule has 1 atom stereocenters. The second-order valence-electron chi connectivity index (χ2n) is 9.07. The number of rotatable bonds is 11. The molecular weight excluding hydrogens is 454 g/mol. The van der Waals surface area contributed by atoms with Crippen molar-refractivity contribution in [2.75, 3.05) is 68.2 Å². The summed E-state index contributed by atoms with van der Waals surface area (Å²) in [5, 5.41) is 8.20. The van der Waals surface area contributed by atoms with Crippen LogP contribution in [0.15, 0.2) is 17.0 Å². The van der Waals surface area contributed by atoms with E-state index in [0.717, 1.165) is 41.2 Å². The zero-order chi connectivity index (χ0) is 25.7. The van der Waals surface area contributed by atoms with Crippen LogP contribution in [0.25, 0.3) is 0 Å². The number of ether oxygens (including phenoxy) is 2. The van der Waals surface area contributed by atoms with Gasteiger partial charge in [0, 0.05) is 33.2 Å². The van der Waals surface area contributed by atoms with Gasteiger partial charge in [-0.3, -0.25) is 4.79 Å². The highest BCUT2D eigenvalue weighted by Gasteiger charge is 2.22. The van der Waals surface area contributed by atoms with Crippen LogP contribution in [0.1, 0.15) is 43.2 Å². The molecule has 1 aliphatic carbocycles. The summed E-state index contributed by atoms with van der Waals surface area (Å²) in [7, 11) is 7.87. The van der Waals surface area contributed by atoms with E-state index in [0.29, 0.717) is 19.2 Å². The summed E-state index contributed by atoms with van der Waals surface area (Å²) in [5.41, 5.74) is 1.87. The van der Waals surface area contributed by atoms with Crippen molar-refractivity contribution in [2.24, 2.45) is 0 Å². The number of methoxy groups -OCH3 is 1. The molecule has 0 bridgehead atoms. The third kappa shape index (κ3) is 10.4. The normalized spacial score (nSPS) is 15.1. The third-order valence-corrected chi connectivity index (χ3v) is 7.71. The van der Waals surface area contributed by atoms with Gasteiger partial charge in [0.05, 0.1) is 25.2 Å². The number of nitrogens with zero attached hydrogens (tertiary/aromatic N) is 3. The van der Waals surface area contributed by atoms with E-state index >= 15 is 0 Å². The number of aliphatic hydroxyl groups excluding tert-OH is 1. The van der Waals surface area contributed by atoms with Crippen molar-refractivity contribution in [3.05, 3.63) is 23.3 Å². The zero-order valence-electron chi connectivity index (χ0n) is 22.1. The fourth-order valence-corrected chi connectivity index (χ4v) is 5.09. The van der Waals surface area contributed by atoms with Gasteiger partial charge in [0.1, 0.15) is 23.3 Å². The lowest BCUT2D eigenvalue weighted by atomic mass is 9.94. The predicted octanol–water partition coefficient (Wildman–Crippen LogP) is 2.61. The smallest absolute Gasteiger partial charge is 0.248 e. The number of amides is 1. The van der Waals surface area contributed by atoms with Gasteiger partial charge in [0.15, 0.2) is 0 Å². The van der Waals surface area contributed by atoms with Crippen molar-refractivity contribution in [2.45, 2.75) is 56.9 Å². The Labute approximate surface area is 208 Å². The van der Waals surface area contributed by atoms with E-state index in [2.05, 4.69) is 0 Å². The van der Waals surface area contributed by atoms with Gasteiger partial charge in [-0.25, -0.2) is 8.51 Å². The Morgan fingerprint density at radius 2 is 1.65 bits per heavy atom. The molecule has 1 aliphatic rings. The first-order chi connectivity index (χ1) is 16.1. The van der Waals surface area contributed by atoms with E-state index in [9.17, 15) is 9.00 Å². The molecular formula is C25H45N3O5S. The second-order valence-corrected chi connectivity index (χ2v) is 10.6. The highest BCUT2D eigenvalue weighted by atomic mass is 32.2. The molecule has 34 heavy (non-hydrogen) atoms. The van der Waals surface area contributed by atoms with Crippen molar-refractivity contribution in [3.63, 3.8) is 0 Å². The van der Waals surface area contributed by atoms with E-state index < -0.39 is 11.0 Å². The number of hydrogen-bond donors (Lipinski definition) is 1. The maximum absolute atomic E-state index is 12.9. The van der Waals surface area contributed by atoms with Crippen molar-refractivity contribution >= 4 is 16.9 Å². The van der Waals surface area contributed by atoms with E-state index in [-0.39, 0.29) is 19.1 Å². The molecule has 0 aliphatic heterocycles. The van der Waals surface area contributed by atoms with E-state index in [4.69, 9.17) is 14.6 Å². The largest absolute Gasteiger partial charge is 0.497 e. The van der Waals surface area contributed by atoms with Gasteiger partial charge in [-0.05, 0) is 64.0 Å². The van der Waals surface area contributed by atoms with Gasteiger partial charge in [0.2, 0.25) is 5.91 Å². The van der Waals surface area contributed by atoms with Crippen LogP contribution >= 0.6 is 0 Å². The zero-order valence-corrected chi connectivity index (χ0v) is 22.9. The Hall–Kier alpha value is -1.52. The minimum atomic E-state index is -1.29. The minimum Gasteiger partial charge on any atom is -0.497 e. The van der Waals surface area contributed by atoms with Gasteiger partial charge >= 0.3 is 0 Å². The number of aryl methyl sites for hydroxylation is 2. The third-order valence-electron chi connectivity index (χ3n) is 5.97. The number of likely N-dealkylation sites (N-methyl/N-ethyl adjacent to an activating group) is 3. The minimum absolute atomic E-state index is 0.0255. The van der Waals surface area contributed by atoms with Crippen LogP contribution < -0.4 is 4.74 Å². The van der Waals surface area contributed by atoms with Crippen molar-refractivity contribution in [1.82, 2.24) is 14.1 Å². The molecule has 2 rings (SSSR count). The Balaban J connectivity index is 0.000000852. The van der Waals surface area contributed by atoms with Crippen molar-refractivity contribution in [1.29, 1.82) is 0 Å². The number of carbonyl (C=O) groups excluding carboxylic acids is 1. The Bertz CT molecular complexity index is 746. The van der Waals surface area contributed by atoms with Gasteiger partial charge in [0.25, 0.3) is 0 Å². The standard InChI is InChI=1S/C21H34N2O4S.C4H11NO/c1-16-13-19(26-5)14-17(2)21(16)28(25)22(3)11-12-27-15-20(24)23(4)18-9-7-6-8-10-18;1-5(2)3-4-6/h13-14,18H,6-12,15H2,1-5H3;6H,3-4H2,1-2H3. The number of aliphatic hydroxyl groups is 1. The van der Waals surface area contributed by atoms with Crippen molar-refractivity contribution in [3.8, 4) is 5.75 Å².